The Morgan fingerprint density at radius 2 is 1.30 bits per heavy atom. The first kappa shape index (κ1) is 30.4. The maximum Gasteiger partial charge on any atom is 0.241 e. The maximum absolute atomic E-state index is 15.1. The molecule has 1 saturated carbocycles. The van der Waals surface area contributed by atoms with E-state index in [4.69, 9.17) is 39.5 Å². The number of amides is 2. The van der Waals surface area contributed by atoms with E-state index in [0.717, 1.165) is 31.4 Å². The van der Waals surface area contributed by atoms with E-state index in [9.17, 15) is 9.90 Å². The predicted molar refractivity (Wildman–Crippen MR) is 172 cm³/mol. The molecule has 6 rings (SSSR count). The Balaban J connectivity index is 1.70. The molecule has 4 atom stereocenters. The smallest absolute Gasteiger partial charge is 0.241 e. The van der Waals surface area contributed by atoms with Crippen molar-refractivity contribution in [2.24, 2.45) is 0 Å². The second-order valence-electron chi connectivity index (χ2n) is 11.9. The minimum Gasteiger partial charge on any atom is -0.381 e. The summed E-state index contributed by atoms with van der Waals surface area (Å²) in [6, 6.07) is 17.6. The Labute approximate surface area is 267 Å². The SMILES string of the molecule is CCCCN1C(=O)C2(CC3(C(=O)N(CCCC)c4ccc(Cl)cc43)C(O)(c3ccc(Cl)cc3)C2OC)c2cc(Cl)ccc21. The number of unbranched alkanes of at least 4 members (excludes halogenated alkanes) is 2. The van der Waals surface area contributed by atoms with E-state index in [1.807, 2.05) is 12.1 Å². The van der Waals surface area contributed by atoms with Crippen LogP contribution in [0.5, 0.6) is 0 Å². The molecule has 1 N–H and O–H groups in total. The van der Waals surface area contributed by atoms with Gasteiger partial charge in [-0.3, -0.25) is 9.59 Å². The monoisotopic (exact) mass is 640 g/mol. The summed E-state index contributed by atoms with van der Waals surface area (Å²) in [5, 5.41) is 14.8. The van der Waals surface area contributed by atoms with Crippen LogP contribution in [0.25, 0.3) is 0 Å². The number of hydrogen-bond acceptors (Lipinski definition) is 4. The highest BCUT2D eigenvalue weighted by Crippen LogP contribution is 2.69. The Hall–Kier alpha value is -2.61. The summed E-state index contributed by atoms with van der Waals surface area (Å²) >= 11 is 19.5. The average Bonchev–Trinajstić information content (AvgIpc) is 3.48. The van der Waals surface area contributed by atoms with Gasteiger partial charge in [0.15, 0.2) is 0 Å². The average molecular weight is 642 g/mol. The lowest BCUT2D eigenvalue weighted by molar-refractivity contribution is -0.153. The zero-order chi connectivity index (χ0) is 30.7. The number of carbonyl (C=O) groups excluding carboxylic acids is 2. The minimum absolute atomic E-state index is 0.0266. The molecule has 4 unspecified atom stereocenters. The third-order valence-corrected chi connectivity index (χ3v) is 10.4. The van der Waals surface area contributed by atoms with Gasteiger partial charge in [0.2, 0.25) is 11.8 Å². The third kappa shape index (κ3) is 4.07. The van der Waals surface area contributed by atoms with Gasteiger partial charge in [0, 0.05) is 46.6 Å². The van der Waals surface area contributed by atoms with Gasteiger partial charge >= 0.3 is 0 Å². The van der Waals surface area contributed by atoms with Crippen LogP contribution in [0.1, 0.15) is 62.6 Å². The van der Waals surface area contributed by atoms with Gasteiger partial charge in [0.05, 0.1) is 0 Å². The number of fused-ring (bicyclic) bond motifs is 4. The van der Waals surface area contributed by atoms with Crippen molar-refractivity contribution in [1.82, 2.24) is 0 Å². The standard InChI is InChI=1S/C34H35Cl3N2O4/c1-4-6-16-38-27-14-12-23(36)18-25(27)32(30(38)40)20-33(34(42,29(32)43-3)21-8-10-22(35)11-9-21)26-19-24(37)13-15-28(26)39(31(33)41)17-7-5-2/h8-15,18-19,29,42H,4-7,16-17,20H2,1-3H3. The zero-order valence-electron chi connectivity index (χ0n) is 24.5. The van der Waals surface area contributed by atoms with Crippen LogP contribution in [0.3, 0.4) is 0 Å². The number of anilines is 2. The molecule has 3 aromatic carbocycles. The lowest BCUT2D eigenvalue weighted by Gasteiger charge is -2.42. The molecule has 1 aliphatic carbocycles. The van der Waals surface area contributed by atoms with Crippen molar-refractivity contribution in [2.75, 3.05) is 30.0 Å². The van der Waals surface area contributed by atoms with Crippen molar-refractivity contribution in [2.45, 2.75) is 68.5 Å². The van der Waals surface area contributed by atoms with E-state index in [-0.39, 0.29) is 18.2 Å². The van der Waals surface area contributed by atoms with Gasteiger partial charge in [0.25, 0.3) is 0 Å². The molecule has 0 aromatic heterocycles. The van der Waals surface area contributed by atoms with Crippen molar-refractivity contribution in [3.8, 4) is 0 Å². The minimum atomic E-state index is -1.99. The van der Waals surface area contributed by atoms with Crippen LogP contribution < -0.4 is 9.80 Å². The Morgan fingerprint density at radius 1 is 0.791 bits per heavy atom. The molecule has 2 amide bonds. The second kappa shape index (κ2) is 11.1. The Bertz CT molecular complexity index is 1600. The molecule has 2 spiro atoms. The fraction of sp³-hybridized carbons (Fsp3) is 0.412. The highest BCUT2D eigenvalue weighted by Gasteiger charge is 2.80. The first-order chi connectivity index (χ1) is 20.6. The van der Waals surface area contributed by atoms with Crippen LogP contribution in [0, 0.1) is 0 Å². The molecule has 0 bridgehead atoms. The molecule has 0 saturated heterocycles. The van der Waals surface area contributed by atoms with Crippen LogP contribution in [0.2, 0.25) is 15.1 Å². The second-order valence-corrected chi connectivity index (χ2v) is 13.2. The van der Waals surface area contributed by atoms with Crippen LogP contribution in [-0.2, 0) is 30.8 Å². The van der Waals surface area contributed by atoms with Crippen molar-refractivity contribution >= 4 is 58.0 Å². The molecule has 1 fully saturated rings. The number of methoxy groups -OCH3 is 1. The summed E-state index contributed by atoms with van der Waals surface area (Å²) in [5.41, 5.74) is -1.94. The van der Waals surface area contributed by atoms with Crippen molar-refractivity contribution < 1.29 is 19.4 Å². The Kier molecular flexibility index (Phi) is 7.84. The fourth-order valence-electron chi connectivity index (χ4n) is 7.85. The van der Waals surface area contributed by atoms with Crippen LogP contribution in [0.4, 0.5) is 11.4 Å². The summed E-state index contributed by atoms with van der Waals surface area (Å²) < 4.78 is 6.29. The van der Waals surface area contributed by atoms with Crippen LogP contribution >= 0.6 is 34.8 Å². The van der Waals surface area contributed by atoms with Gasteiger partial charge in [-0.2, -0.15) is 0 Å². The lowest BCUT2D eigenvalue weighted by atomic mass is 9.66. The molecule has 3 aliphatic rings. The number of carbonyl (C=O) groups is 2. The lowest BCUT2D eigenvalue weighted by Crippen LogP contribution is -2.58. The van der Waals surface area contributed by atoms with E-state index in [1.54, 1.807) is 58.3 Å². The van der Waals surface area contributed by atoms with Crippen LogP contribution in [0.15, 0.2) is 60.7 Å². The van der Waals surface area contributed by atoms with E-state index in [0.29, 0.717) is 50.5 Å². The van der Waals surface area contributed by atoms with Crippen molar-refractivity contribution in [3.05, 3.63) is 92.4 Å². The van der Waals surface area contributed by atoms with Crippen LogP contribution in [-0.4, -0.2) is 43.2 Å². The summed E-state index contributed by atoms with van der Waals surface area (Å²) in [4.78, 5) is 33.6. The molecule has 226 valence electrons. The van der Waals surface area contributed by atoms with Gasteiger partial charge in [-0.1, -0.05) is 73.6 Å². The van der Waals surface area contributed by atoms with Gasteiger partial charge in [-0.25, -0.2) is 0 Å². The first-order valence-corrected chi connectivity index (χ1v) is 16.0. The molecule has 43 heavy (non-hydrogen) atoms. The largest absolute Gasteiger partial charge is 0.381 e. The molecule has 6 nitrogen and oxygen atoms in total. The molecular weight excluding hydrogens is 607 g/mol. The third-order valence-electron chi connectivity index (χ3n) is 9.69. The number of aliphatic hydroxyl groups is 1. The number of hydrogen-bond donors (Lipinski definition) is 1. The number of halogens is 3. The van der Waals surface area contributed by atoms with Gasteiger partial charge in [-0.15, -0.1) is 0 Å². The van der Waals surface area contributed by atoms with Gasteiger partial charge in [-0.05, 0) is 84.5 Å². The summed E-state index contributed by atoms with van der Waals surface area (Å²) in [6.07, 6.45) is 2.15. The quantitative estimate of drug-likeness (QED) is 0.278. The number of ether oxygens (including phenoxy) is 1. The molecule has 9 heteroatoms. The number of benzene rings is 3. The number of rotatable bonds is 8. The number of nitrogens with zero attached hydrogens (tertiary/aromatic N) is 2. The maximum atomic E-state index is 15.1. The summed E-state index contributed by atoms with van der Waals surface area (Å²) in [5.74, 6) is -0.490. The Morgan fingerprint density at radius 3 is 1.86 bits per heavy atom. The fourth-order valence-corrected chi connectivity index (χ4v) is 8.32. The van der Waals surface area contributed by atoms with E-state index in [2.05, 4.69) is 13.8 Å². The van der Waals surface area contributed by atoms with Gasteiger partial charge < -0.3 is 19.6 Å². The normalized spacial score (nSPS) is 27.6. The predicted octanol–water partition coefficient (Wildman–Crippen LogP) is 7.42. The summed E-state index contributed by atoms with van der Waals surface area (Å²) in [7, 11) is 1.49. The molecule has 3 aromatic rings. The highest BCUT2D eigenvalue weighted by molar-refractivity contribution is 6.32. The van der Waals surface area contributed by atoms with Gasteiger partial charge in [0.1, 0.15) is 22.5 Å². The van der Waals surface area contributed by atoms with Crippen molar-refractivity contribution in [1.29, 1.82) is 0 Å². The highest BCUT2D eigenvalue weighted by atomic mass is 35.5. The van der Waals surface area contributed by atoms with E-state index in [1.165, 1.54) is 7.11 Å². The van der Waals surface area contributed by atoms with Crippen molar-refractivity contribution in [3.63, 3.8) is 0 Å². The first-order valence-electron chi connectivity index (χ1n) is 14.9. The molecule has 2 heterocycles. The van der Waals surface area contributed by atoms with E-state index < -0.39 is 22.5 Å². The molecular formula is C34H35Cl3N2O4. The zero-order valence-corrected chi connectivity index (χ0v) is 26.8. The topological polar surface area (TPSA) is 70.1 Å². The van der Waals surface area contributed by atoms with E-state index >= 15 is 4.79 Å². The molecule has 2 aliphatic heterocycles. The molecule has 0 radical (unpaired) electrons. The summed E-state index contributed by atoms with van der Waals surface area (Å²) in [6.45, 7) is 5.10.